The fourth-order valence-electron chi connectivity index (χ4n) is 2.37. The highest BCUT2D eigenvalue weighted by Crippen LogP contribution is 2.30. The van der Waals surface area contributed by atoms with E-state index in [1.165, 1.54) is 0 Å². The van der Waals surface area contributed by atoms with Gasteiger partial charge in [-0.1, -0.05) is 19.1 Å². The number of benzene rings is 1. The Morgan fingerprint density at radius 2 is 2.24 bits per heavy atom. The van der Waals surface area contributed by atoms with Gasteiger partial charge in [0.2, 0.25) is 0 Å². The van der Waals surface area contributed by atoms with E-state index in [9.17, 15) is 4.39 Å². The van der Waals surface area contributed by atoms with Gasteiger partial charge in [-0.05, 0) is 51.6 Å². The van der Waals surface area contributed by atoms with Crippen molar-refractivity contribution < 1.29 is 4.39 Å². The fraction of sp³-hybridized carbons (Fsp3) is 0.188. The van der Waals surface area contributed by atoms with Crippen LogP contribution in [0.15, 0.2) is 46.4 Å². The van der Waals surface area contributed by atoms with Crippen LogP contribution in [0.2, 0.25) is 0 Å². The van der Waals surface area contributed by atoms with Crippen molar-refractivity contribution in [3.05, 3.63) is 63.3 Å². The van der Waals surface area contributed by atoms with Crippen LogP contribution < -0.4 is 5.32 Å². The van der Waals surface area contributed by atoms with Crippen molar-refractivity contribution in [2.24, 2.45) is 0 Å². The second kappa shape index (κ2) is 6.22. The van der Waals surface area contributed by atoms with Crippen molar-refractivity contribution >= 4 is 37.5 Å². The number of halogens is 2. The molecule has 0 aliphatic heterocycles. The van der Waals surface area contributed by atoms with Crippen LogP contribution in [0.3, 0.4) is 0 Å². The van der Waals surface area contributed by atoms with E-state index in [-0.39, 0.29) is 11.9 Å². The van der Waals surface area contributed by atoms with Crippen molar-refractivity contribution in [2.75, 3.05) is 6.54 Å². The summed E-state index contributed by atoms with van der Waals surface area (Å²) in [7, 11) is 0. The maximum absolute atomic E-state index is 14.4. The molecule has 0 fully saturated rings. The van der Waals surface area contributed by atoms with Gasteiger partial charge >= 0.3 is 0 Å². The summed E-state index contributed by atoms with van der Waals surface area (Å²) >= 11 is 4.90. The smallest absolute Gasteiger partial charge is 0.142 e. The lowest BCUT2D eigenvalue weighted by atomic mass is 9.99. The van der Waals surface area contributed by atoms with Crippen LogP contribution in [-0.2, 0) is 0 Å². The fourth-order valence-corrected chi connectivity index (χ4v) is 3.55. The minimum absolute atomic E-state index is 0.202. The second-order valence-corrected chi connectivity index (χ2v) is 6.51. The van der Waals surface area contributed by atoms with Gasteiger partial charge in [0.05, 0.1) is 20.7 Å². The predicted octanol–water partition coefficient (Wildman–Crippen LogP) is 4.90. The van der Waals surface area contributed by atoms with Gasteiger partial charge < -0.3 is 5.32 Å². The number of hydrogen-bond donors (Lipinski definition) is 1. The van der Waals surface area contributed by atoms with Crippen molar-refractivity contribution in [3.63, 3.8) is 0 Å². The number of thiophene rings is 1. The minimum Gasteiger partial charge on any atom is -0.306 e. The summed E-state index contributed by atoms with van der Waals surface area (Å²) in [6.45, 7) is 2.76. The lowest BCUT2D eigenvalue weighted by Gasteiger charge is -2.19. The molecule has 1 aromatic carbocycles. The molecule has 2 heterocycles. The highest BCUT2D eigenvalue weighted by atomic mass is 79.9. The van der Waals surface area contributed by atoms with E-state index < -0.39 is 0 Å². The molecule has 0 aliphatic carbocycles. The third kappa shape index (κ3) is 2.86. The first-order valence-corrected chi connectivity index (χ1v) is 8.38. The van der Waals surface area contributed by atoms with Crippen LogP contribution in [0.1, 0.15) is 24.1 Å². The number of rotatable bonds is 4. The van der Waals surface area contributed by atoms with Crippen LogP contribution in [0, 0.1) is 5.82 Å². The Labute approximate surface area is 135 Å². The van der Waals surface area contributed by atoms with Gasteiger partial charge in [0, 0.05) is 11.8 Å². The summed E-state index contributed by atoms with van der Waals surface area (Å²) in [6, 6.07) is 9.25. The zero-order valence-electron chi connectivity index (χ0n) is 11.4. The Hall–Kier alpha value is -1.30. The molecule has 3 rings (SSSR count). The van der Waals surface area contributed by atoms with Gasteiger partial charge in [-0.25, -0.2) is 4.39 Å². The monoisotopic (exact) mass is 364 g/mol. The number of nitrogens with one attached hydrogen (secondary N) is 1. The summed E-state index contributed by atoms with van der Waals surface area (Å²) in [5.74, 6) is -0.227. The van der Waals surface area contributed by atoms with Crippen LogP contribution in [-0.4, -0.2) is 11.5 Å². The first-order valence-electron chi connectivity index (χ1n) is 6.71. The molecule has 0 saturated carbocycles. The van der Waals surface area contributed by atoms with Gasteiger partial charge in [-0.15, -0.1) is 11.3 Å². The van der Waals surface area contributed by atoms with E-state index in [1.54, 1.807) is 17.4 Å². The third-order valence-corrected chi connectivity index (χ3v) is 4.82. The quantitative estimate of drug-likeness (QED) is 0.712. The van der Waals surface area contributed by atoms with Gasteiger partial charge in [-0.2, -0.15) is 0 Å². The predicted molar refractivity (Wildman–Crippen MR) is 89.2 cm³/mol. The van der Waals surface area contributed by atoms with Gasteiger partial charge in [-0.3, -0.25) is 4.98 Å². The molecular formula is C16H14BrFN2S. The van der Waals surface area contributed by atoms with Gasteiger partial charge in [0.15, 0.2) is 0 Å². The molecule has 1 N–H and O–H groups in total. The minimum atomic E-state index is -0.227. The normalized spacial score (nSPS) is 12.7. The Morgan fingerprint density at radius 3 is 3.05 bits per heavy atom. The lowest BCUT2D eigenvalue weighted by molar-refractivity contribution is 0.554. The molecular weight excluding hydrogens is 351 g/mol. The zero-order chi connectivity index (χ0) is 14.8. The highest BCUT2D eigenvalue weighted by Gasteiger charge is 2.19. The molecule has 0 spiro atoms. The SMILES string of the molecule is CCNC(c1cnc2ccsc2c1)c1cccc(Br)c1F. The Bertz CT molecular complexity index is 772. The number of fused-ring (bicyclic) bond motifs is 1. The van der Waals surface area contributed by atoms with E-state index in [1.807, 2.05) is 36.7 Å². The number of aromatic nitrogens is 1. The number of hydrogen-bond acceptors (Lipinski definition) is 3. The molecule has 2 aromatic heterocycles. The largest absolute Gasteiger partial charge is 0.306 e. The molecule has 0 saturated heterocycles. The molecule has 108 valence electrons. The molecule has 0 bridgehead atoms. The summed E-state index contributed by atoms with van der Waals surface area (Å²) in [5, 5.41) is 5.36. The average Bonchev–Trinajstić information content (AvgIpc) is 2.95. The van der Waals surface area contributed by atoms with Gasteiger partial charge in [0.25, 0.3) is 0 Å². The standard InChI is InChI=1S/C16H14BrFN2S/c1-2-19-16(11-4-3-5-12(17)15(11)18)10-8-14-13(20-9-10)6-7-21-14/h3-9,16,19H,2H2,1H3. The number of pyridine rings is 1. The molecule has 0 amide bonds. The first-order chi connectivity index (χ1) is 10.2. The van der Waals surface area contributed by atoms with Crippen LogP contribution in [0.4, 0.5) is 4.39 Å². The van der Waals surface area contributed by atoms with Gasteiger partial charge in [0.1, 0.15) is 5.82 Å². The summed E-state index contributed by atoms with van der Waals surface area (Å²) in [6.07, 6.45) is 1.82. The molecule has 3 aromatic rings. The Kier molecular flexibility index (Phi) is 4.33. The van der Waals surface area contributed by atoms with Crippen molar-refractivity contribution in [1.82, 2.24) is 10.3 Å². The first kappa shape index (κ1) is 14.6. The topological polar surface area (TPSA) is 24.9 Å². The van der Waals surface area contributed by atoms with Crippen LogP contribution >= 0.6 is 27.3 Å². The van der Waals surface area contributed by atoms with Crippen LogP contribution in [0.5, 0.6) is 0 Å². The molecule has 5 heteroatoms. The van der Waals surface area contributed by atoms with E-state index in [4.69, 9.17) is 0 Å². The molecule has 21 heavy (non-hydrogen) atoms. The van der Waals surface area contributed by atoms with Crippen molar-refractivity contribution in [1.29, 1.82) is 0 Å². The number of nitrogens with zero attached hydrogens (tertiary/aromatic N) is 1. The lowest BCUT2D eigenvalue weighted by Crippen LogP contribution is -2.23. The summed E-state index contributed by atoms with van der Waals surface area (Å²) in [5.41, 5.74) is 2.58. The zero-order valence-corrected chi connectivity index (χ0v) is 13.8. The molecule has 0 aliphatic rings. The van der Waals surface area contributed by atoms with E-state index in [2.05, 4.69) is 32.3 Å². The van der Waals surface area contributed by atoms with E-state index in [0.717, 1.165) is 22.3 Å². The second-order valence-electron chi connectivity index (χ2n) is 4.71. The maximum Gasteiger partial charge on any atom is 0.142 e. The Morgan fingerprint density at radius 1 is 1.38 bits per heavy atom. The summed E-state index contributed by atoms with van der Waals surface area (Å²) < 4.78 is 16.0. The molecule has 1 atom stereocenters. The molecule has 2 nitrogen and oxygen atoms in total. The third-order valence-electron chi connectivity index (χ3n) is 3.36. The van der Waals surface area contributed by atoms with Crippen LogP contribution in [0.25, 0.3) is 10.2 Å². The molecule has 0 radical (unpaired) electrons. The highest BCUT2D eigenvalue weighted by molar-refractivity contribution is 9.10. The summed E-state index contributed by atoms with van der Waals surface area (Å²) in [4.78, 5) is 4.46. The van der Waals surface area contributed by atoms with Crippen molar-refractivity contribution in [2.45, 2.75) is 13.0 Å². The Balaban J connectivity index is 2.10. The van der Waals surface area contributed by atoms with E-state index in [0.29, 0.717) is 10.0 Å². The maximum atomic E-state index is 14.4. The average molecular weight is 365 g/mol. The molecule has 1 unspecified atom stereocenters. The van der Waals surface area contributed by atoms with E-state index >= 15 is 0 Å². The van der Waals surface area contributed by atoms with Crippen molar-refractivity contribution in [3.8, 4) is 0 Å².